The van der Waals surface area contributed by atoms with E-state index >= 15 is 0 Å². The van der Waals surface area contributed by atoms with Crippen molar-refractivity contribution in [2.45, 2.75) is 31.6 Å². The average molecular weight is 398 g/mol. The molecule has 3 rings (SSSR count). The first-order valence-electron chi connectivity index (χ1n) is 8.99. The number of para-hydroxylation sites is 1. The molecule has 0 aliphatic carbocycles. The summed E-state index contributed by atoms with van der Waals surface area (Å²) in [6.45, 7) is 4.41. The van der Waals surface area contributed by atoms with Crippen molar-refractivity contribution in [3.05, 3.63) is 70.9 Å². The van der Waals surface area contributed by atoms with Crippen molar-refractivity contribution in [1.82, 2.24) is 10.3 Å². The van der Waals surface area contributed by atoms with Gasteiger partial charge in [-0.15, -0.1) is 0 Å². The van der Waals surface area contributed by atoms with Crippen LogP contribution in [0.2, 0.25) is 0 Å². The van der Waals surface area contributed by atoms with Gasteiger partial charge in [-0.05, 0) is 55.2 Å². The Kier molecular flexibility index (Phi) is 5.76. The number of nitrogens with zero attached hydrogens (tertiary/aromatic N) is 1. The summed E-state index contributed by atoms with van der Waals surface area (Å²) in [7, 11) is -3.69. The smallest absolute Gasteiger partial charge is 0.238 e. The summed E-state index contributed by atoms with van der Waals surface area (Å²) in [4.78, 5) is 17.1. The van der Waals surface area contributed by atoms with Crippen LogP contribution in [0.3, 0.4) is 0 Å². The van der Waals surface area contributed by atoms with Gasteiger partial charge in [-0.3, -0.25) is 9.78 Å². The van der Waals surface area contributed by atoms with Crippen molar-refractivity contribution >= 4 is 26.8 Å². The molecule has 3 N–H and O–H groups in total. The number of nitrogens with one attached hydrogen (secondary N) is 1. The maximum absolute atomic E-state index is 12.4. The monoisotopic (exact) mass is 397 g/mol. The molecule has 28 heavy (non-hydrogen) atoms. The van der Waals surface area contributed by atoms with Crippen LogP contribution in [0.15, 0.2) is 53.4 Å². The highest BCUT2D eigenvalue weighted by Crippen LogP contribution is 2.22. The molecule has 1 aromatic heterocycles. The zero-order chi connectivity index (χ0) is 20.3. The normalized spacial score (nSPS) is 11.5. The molecule has 0 unspecified atom stereocenters. The van der Waals surface area contributed by atoms with Crippen LogP contribution >= 0.6 is 0 Å². The summed E-state index contributed by atoms with van der Waals surface area (Å²) in [5, 5.41) is 9.07. The Bertz CT molecular complexity index is 1120. The van der Waals surface area contributed by atoms with Gasteiger partial charge < -0.3 is 5.32 Å². The standard InChI is InChI=1S/C21H23N3O3S/c1-14-18-5-3-4-6-20(18)24-15(2)19(14)13-21(25)23-12-11-16-7-9-17(10-8-16)28(22,26)27/h3-10H,11-13H2,1-2H3,(H,23,25)(H2,22,26,27). The number of nitrogens with two attached hydrogens (primary N) is 1. The van der Waals surface area contributed by atoms with Gasteiger partial charge in [-0.2, -0.15) is 0 Å². The van der Waals surface area contributed by atoms with E-state index in [1.165, 1.54) is 12.1 Å². The third-order valence-electron chi connectivity index (χ3n) is 4.81. The first-order chi connectivity index (χ1) is 13.3. The fourth-order valence-electron chi connectivity index (χ4n) is 3.25. The number of amides is 1. The maximum atomic E-state index is 12.4. The summed E-state index contributed by atoms with van der Waals surface area (Å²) in [6, 6.07) is 14.3. The largest absolute Gasteiger partial charge is 0.355 e. The Morgan fingerprint density at radius 3 is 2.43 bits per heavy atom. The molecule has 1 heterocycles. The molecule has 3 aromatic rings. The van der Waals surface area contributed by atoms with E-state index in [4.69, 9.17) is 5.14 Å². The molecule has 0 saturated carbocycles. The SMILES string of the molecule is Cc1nc2ccccc2c(C)c1CC(=O)NCCc1ccc(S(N)(=O)=O)cc1. The van der Waals surface area contributed by atoms with Crippen molar-refractivity contribution in [3.63, 3.8) is 0 Å². The number of fused-ring (bicyclic) bond motifs is 1. The number of carbonyl (C=O) groups excluding carboxylic acids is 1. The Labute approximate surface area is 164 Å². The second-order valence-electron chi connectivity index (χ2n) is 6.78. The molecule has 0 saturated heterocycles. The molecule has 1 amide bonds. The van der Waals surface area contributed by atoms with E-state index in [0.29, 0.717) is 13.0 Å². The number of aryl methyl sites for hydroxylation is 2. The molecule has 0 spiro atoms. The highest BCUT2D eigenvalue weighted by Gasteiger charge is 2.13. The third kappa shape index (κ3) is 4.55. The lowest BCUT2D eigenvalue weighted by Gasteiger charge is -2.13. The van der Waals surface area contributed by atoms with Crippen LogP contribution in [0, 0.1) is 13.8 Å². The van der Waals surface area contributed by atoms with E-state index in [1.54, 1.807) is 12.1 Å². The van der Waals surface area contributed by atoms with Crippen LogP contribution in [0.1, 0.15) is 22.4 Å². The number of sulfonamides is 1. The van der Waals surface area contributed by atoms with E-state index in [-0.39, 0.29) is 17.2 Å². The topological polar surface area (TPSA) is 102 Å². The second-order valence-corrected chi connectivity index (χ2v) is 8.35. The second kappa shape index (κ2) is 8.08. The summed E-state index contributed by atoms with van der Waals surface area (Å²) in [5.41, 5.74) is 4.76. The number of aromatic nitrogens is 1. The number of rotatable bonds is 6. The Morgan fingerprint density at radius 1 is 1.07 bits per heavy atom. The van der Waals surface area contributed by atoms with Crippen molar-refractivity contribution in [2.75, 3.05) is 6.54 Å². The minimum atomic E-state index is -3.69. The predicted molar refractivity (Wildman–Crippen MR) is 109 cm³/mol. The molecular weight excluding hydrogens is 374 g/mol. The highest BCUT2D eigenvalue weighted by molar-refractivity contribution is 7.89. The van der Waals surface area contributed by atoms with Crippen molar-refractivity contribution in [3.8, 4) is 0 Å². The van der Waals surface area contributed by atoms with Crippen LogP contribution in [-0.4, -0.2) is 25.9 Å². The Balaban J connectivity index is 1.61. The molecule has 0 aliphatic heterocycles. The Hall–Kier alpha value is -2.77. The van der Waals surface area contributed by atoms with Crippen molar-refractivity contribution in [1.29, 1.82) is 0 Å². The molecule has 0 fully saturated rings. The average Bonchev–Trinajstić information content (AvgIpc) is 2.65. The van der Waals surface area contributed by atoms with Crippen molar-refractivity contribution in [2.24, 2.45) is 5.14 Å². The number of primary sulfonamides is 1. The van der Waals surface area contributed by atoms with Gasteiger partial charge in [0, 0.05) is 17.6 Å². The predicted octanol–water partition coefficient (Wildman–Crippen LogP) is 2.40. The van der Waals surface area contributed by atoms with Gasteiger partial charge in [-0.25, -0.2) is 13.6 Å². The summed E-state index contributed by atoms with van der Waals surface area (Å²) in [5.74, 6) is -0.0653. The fraction of sp³-hybridized carbons (Fsp3) is 0.238. The highest BCUT2D eigenvalue weighted by atomic mass is 32.2. The van der Waals surface area contributed by atoms with E-state index in [2.05, 4.69) is 10.3 Å². The Morgan fingerprint density at radius 2 is 1.75 bits per heavy atom. The molecule has 6 nitrogen and oxygen atoms in total. The van der Waals surface area contributed by atoms with E-state index in [0.717, 1.165) is 33.3 Å². The van der Waals surface area contributed by atoms with Crippen LogP contribution in [0.4, 0.5) is 0 Å². The van der Waals surface area contributed by atoms with Gasteiger partial charge in [-0.1, -0.05) is 30.3 Å². The fourth-order valence-corrected chi connectivity index (χ4v) is 3.76. The van der Waals surface area contributed by atoms with E-state index in [1.807, 2.05) is 38.1 Å². The summed E-state index contributed by atoms with van der Waals surface area (Å²) < 4.78 is 22.5. The van der Waals surface area contributed by atoms with Crippen molar-refractivity contribution < 1.29 is 13.2 Å². The van der Waals surface area contributed by atoms with Gasteiger partial charge >= 0.3 is 0 Å². The number of hydrogen-bond donors (Lipinski definition) is 2. The van der Waals surface area contributed by atoms with Gasteiger partial charge in [0.2, 0.25) is 15.9 Å². The van der Waals surface area contributed by atoms with Crippen LogP contribution in [-0.2, 0) is 27.7 Å². The van der Waals surface area contributed by atoms with Crippen LogP contribution in [0.5, 0.6) is 0 Å². The maximum Gasteiger partial charge on any atom is 0.238 e. The van der Waals surface area contributed by atoms with Crippen LogP contribution < -0.4 is 10.5 Å². The number of carbonyl (C=O) groups is 1. The number of pyridine rings is 1. The van der Waals surface area contributed by atoms with Gasteiger partial charge in [0.25, 0.3) is 0 Å². The van der Waals surface area contributed by atoms with Crippen LogP contribution in [0.25, 0.3) is 10.9 Å². The lowest BCUT2D eigenvalue weighted by Crippen LogP contribution is -2.28. The first kappa shape index (κ1) is 20.0. The molecule has 0 aliphatic rings. The lowest BCUT2D eigenvalue weighted by atomic mass is 9.99. The zero-order valence-electron chi connectivity index (χ0n) is 15.9. The first-order valence-corrected chi connectivity index (χ1v) is 10.5. The molecular formula is C21H23N3O3S. The molecule has 7 heteroatoms. The molecule has 146 valence electrons. The zero-order valence-corrected chi connectivity index (χ0v) is 16.7. The van der Waals surface area contributed by atoms with Gasteiger partial charge in [0.15, 0.2) is 0 Å². The molecule has 0 atom stereocenters. The quantitative estimate of drug-likeness (QED) is 0.667. The van der Waals surface area contributed by atoms with Gasteiger partial charge in [0.05, 0.1) is 16.8 Å². The minimum absolute atomic E-state index is 0.0653. The van der Waals surface area contributed by atoms with E-state index < -0.39 is 10.0 Å². The van der Waals surface area contributed by atoms with E-state index in [9.17, 15) is 13.2 Å². The summed E-state index contributed by atoms with van der Waals surface area (Å²) >= 11 is 0. The molecule has 0 bridgehead atoms. The lowest BCUT2D eigenvalue weighted by molar-refractivity contribution is -0.120. The minimum Gasteiger partial charge on any atom is -0.355 e. The van der Waals surface area contributed by atoms with Gasteiger partial charge in [0.1, 0.15) is 0 Å². The molecule has 2 aromatic carbocycles. The number of hydrogen-bond acceptors (Lipinski definition) is 4. The molecule has 0 radical (unpaired) electrons. The number of benzene rings is 2. The third-order valence-corrected chi connectivity index (χ3v) is 5.74. The summed E-state index contributed by atoms with van der Waals surface area (Å²) in [6.07, 6.45) is 0.879.